The van der Waals surface area contributed by atoms with Crippen molar-refractivity contribution in [2.45, 2.75) is 6.54 Å². The minimum absolute atomic E-state index is 0.401. The second-order valence-electron chi connectivity index (χ2n) is 5.21. The number of thiazole rings is 1. The lowest BCUT2D eigenvalue weighted by molar-refractivity contribution is -0.132. The Morgan fingerprint density at radius 3 is 2.67 bits per heavy atom. The summed E-state index contributed by atoms with van der Waals surface area (Å²) in [4.78, 5) is 28.4. The zero-order valence-corrected chi connectivity index (χ0v) is 13.2. The summed E-state index contributed by atoms with van der Waals surface area (Å²) in [5.41, 5.74) is 9.59. The molecule has 1 aromatic heterocycles. The van der Waals surface area contributed by atoms with E-state index >= 15 is 0 Å². The Kier molecular flexibility index (Phi) is 3.60. The molecule has 2 heterocycles. The Hall–Kier alpha value is -2.97. The maximum atomic E-state index is 12.0. The number of hydrogen-bond acceptors (Lipinski definition) is 6. The number of carbonyl (C=O) groups is 2. The van der Waals surface area contributed by atoms with Gasteiger partial charge < -0.3 is 10.7 Å². The van der Waals surface area contributed by atoms with Crippen LogP contribution in [0.1, 0.15) is 5.56 Å². The monoisotopic (exact) mass is 339 g/mol. The Balaban J connectivity index is 1.51. The summed E-state index contributed by atoms with van der Waals surface area (Å²) >= 11 is 1.35. The van der Waals surface area contributed by atoms with Crippen LogP contribution in [0.5, 0.6) is 0 Å². The zero-order chi connectivity index (χ0) is 16.5. The van der Waals surface area contributed by atoms with Crippen LogP contribution in [0.2, 0.25) is 0 Å². The van der Waals surface area contributed by atoms with E-state index < -0.39 is 11.8 Å². The van der Waals surface area contributed by atoms with Gasteiger partial charge in [0.25, 0.3) is 0 Å². The fourth-order valence-corrected chi connectivity index (χ4v) is 3.49. The van der Waals surface area contributed by atoms with E-state index in [1.165, 1.54) is 11.3 Å². The lowest BCUT2D eigenvalue weighted by Gasteiger charge is -2.03. The number of rotatable bonds is 2. The van der Waals surface area contributed by atoms with Crippen LogP contribution in [-0.4, -0.2) is 16.8 Å². The fourth-order valence-electron chi connectivity index (χ4n) is 2.48. The van der Waals surface area contributed by atoms with E-state index in [9.17, 15) is 9.59 Å². The van der Waals surface area contributed by atoms with Crippen molar-refractivity contribution in [3.05, 3.63) is 48.0 Å². The van der Waals surface area contributed by atoms with Gasteiger partial charge in [-0.3, -0.25) is 14.9 Å². The molecular formula is C16H13N5O2S. The van der Waals surface area contributed by atoms with Gasteiger partial charge in [0.05, 0.1) is 15.9 Å². The highest BCUT2D eigenvalue weighted by molar-refractivity contribution is 7.22. The first-order valence-corrected chi connectivity index (χ1v) is 8.11. The summed E-state index contributed by atoms with van der Waals surface area (Å²) in [5.74, 6) is -1.47. The van der Waals surface area contributed by atoms with E-state index in [-0.39, 0.29) is 0 Å². The van der Waals surface area contributed by atoms with Gasteiger partial charge in [-0.05, 0) is 24.3 Å². The molecule has 7 nitrogen and oxygen atoms in total. The number of carbonyl (C=O) groups excluding carboxylic acids is 2. The van der Waals surface area contributed by atoms with Crippen molar-refractivity contribution in [2.24, 2.45) is 0 Å². The standard InChI is InChI=1S/C16H13N5O2S/c22-14(18-9-4-2-1-3-5-9)15(23)20-16-19-12-7-6-11-10(8-17-21-11)13(12)24-16/h1-7,17,21H,8H2,(H,18,22)(H,19,20,23). The van der Waals surface area contributed by atoms with E-state index in [1.54, 1.807) is 24.3 Å². The highest BCUT2D eigenvalue weighted by Crippen LogP contribution is 2.34. The van der Waals surface area contributed by atoms with Gasteiger partial charge in [-0.15, -0.1) is 0 Å². The van der Waals surface area contributed by atoms with Gasteiger partial charge in [-0.1, -0.05) is 29.5 Å². The van der Waals surface area contributed by atoms with Crippen molar-refractivity contribution in [3.8, 4) is 0 Å². The minimum atomic E-state index is -0.745. The molecule has 4 rings (SSSR count). The number of amides is 2. The third-order valence-corrected chi connectivity index (χ3v) is 4.65. The molecular weight excluding hydrogens is 326 g/mol. The van der Waals surface area contributed by atoms with E-state index in [4.69, 9.17) is 0 Å². The highest BCUT2D eigenvalue weighted by atomic mass is 32.1. The van der Waals surface area contributed by atoms with Crippen LogP contribution in [0.15, 0.2) is 42.5 Å². The van der Waals surface area contributed by atoms with Gasteiger partial charge >= 0.3 is 11.8 Å². The number of para-hydroxylation sites is 1. The molecule has 4 N–H and O–H groups in total. The third-order valence-electron chi connectivity index (χ3n) is 3.61. The molecule has 0 atom stereocenters. The van der Waals surface area contributed by atoms with E-state index in [1.807, 2.05) is 18.2 Å². The van der Waals surface area contributed by atoms with Gasteiger partial charge in [-0.25, -0.2) is 10.4 Å². The lowest BCUT2D eigenvalue weighted by atomic mass is 10.2. The molecule has 0 saturated carbocycles. The molecule has 0 radical (unpaired) electrons. The summed E-state index contributed by atoms with van der Waals surface area (Å²) in [5, 5.41) is 5.50. The molecule has 0 bridgehead atoms. The number of anilines is 3. The molecule has 3 aromatic rings. The quantitative estimate of drug-likeness (QED) is 0.538. The average molecular weight is 339 g/mol. The first-order valence-electron chi connectivity index (χ1n) is 7.29. The highest BCUT2D eigenvalue weighted by Gasteiger charge is 2.19. The minimum Gasteiger partial charge on any atom is -0.321 e. The van der Waals surface area contributed by atoms with E-state index in [0.29, 0.717) is 17.4 Å². The summed E-state index contributed by atoms with van der Waals surface area (Å²) in [7, 11) is 0. The summed E-state index contributed by atoms with van der Waals surface area (Å²) in [6.07, 6.45) is 0. The van der Waals surface area contributed by atoms with Gasteiger partial charge in [0.15, 0.2) is 5.13 Å². The maximum Gasteiger partial charge on any atom is 0.315 e. The number of benzene rings is 2. The number of nitrogens with zero attached hydrogens (tertiary/aromatic N) is 1. The van der Waals surface area contributed by atoms with Gasteiger partial charge in [0, 0.05) is 17.8 Å². The second-order valence-corrected chi connectivity index (χ2v) is 6.21. The molecule has 2 aromatic carbocycles. The van der Waals surface area contributed by atoms with Crippen LogP contribution in [-0.2, 0) is 16.1 Å². The van der Waals surface area contributed by atoms with Crippen LogP contribution < -0.4 is 21.5 Å². The number of aromatic nitrogens is 1. The number of fused-ring (bicyclic) bond motifs is 3. The molecule has 8 heteroatoms. The zero-order valence-electron chi connectivity index (χ0n) is 12.4. The summed E-state index contributed by atoms with van der Waals surface area (Å²) in [6, 6.07) is 12.6. The topological polar surface area (TPSA) is 95.2 Å². The molecule has 2 amide bonds. The van der Waals surface area contributed by atoms with E-state index in [2.05, 4.69) is 26.5 Å². The second kappa shape index (κ2) is 5.91. The predicted octanol–water partition coefficient (Wildman–Crippen LogP) is 2.30. The molecule has 1 aliphatic rings. The molecule has 24 heavy (non-hydrogen) atoms. The normalized spacial score (nSPS) is 12.5. The summed E-state index contributed by atoms with van der Waals surface area (Å²) < 4.78 is 0.990. The smallest absolute Gasteiger partial charge is 0.315 e. The lowest BCUT2D eigenvalue weighted by Crippen LogP contribution is -2.28. The van der Waals surface area contributed by atoms with Crippen LogP contribution in [0.4, 0.5) is 16.5 Å². The molecule has 0 unspecified atom stereocenters. The van der Waals surface area contributed by atoms with Crippen LogP contribution >= 0.6 is 11.3 Å². The van der Waals surface area contributed by atoms with Crippen molar-refractivity contribution in [2.75, 3.05) is 16.1 Å². The number of hydrazine groups is 1. The van der Waals surface area contributed by atoms with Crippen LogP contribution in [0, 0.1) is 0 Å². The largest absolute Gasteiger partial charge is 0.321 e. The number of hydrogen-bond donors (Lipinski definition) is 4. The van der Waals surface area contributed by atoms with Crippen molar-refractivity contribution >= 4 is 49.9 Å². The Morgan fingerprint density at radius 2 is 1.83 bits per heavy atom. The first-order chi connectivity index (χ1) is 11.7. The molecule has 0 spiro atoms. The van der Waals surface area contributed by atoms with E-state index in [0.717, 1.165) is 21.5 Å². The van der Waals surface area contributed by atoms with Crippen molar-refractivity contribution in [3.63, 3.8) is 0 Å². The number of nitrogens with one attached hydrogen (secondary N) is 4. The van der Waals surface area contributed by atoms with Gasteiger partial charge in [0.2, 0.25) is 0 Å². The third kappa shape index (κ3) is 2.68. The molecule has 0 aliphatic carbocycles. The summed E-state index contributed by atoms with van der Waals surface area (Å²) in [6.45, 7) is 0.691. The average Bonchev–Trinajstić information content (AvgIpc) is 3.20. The SMILES string of the molecule is O=C(Nc1ccccc1)C(=O)Nc1nc2ccc3c(c2s1)CNN3. The van der Waals surface area contributed by atoms with Crippen LogP contribution in [0.25, 0.3) is 10.2 Å². The van der Waals surface area contributed by atoms with Crippen molar-refractivity contribution < 1.29 is 9.59 Å². The first kappa shape index (κ1) is 14.6. The predicted molar refractivity (Wildman–Crippen MR) is 93.8 cm³/mol. The Bertz CT molecular complexity index is 938. The van der Waals surface area contributed by atoms with Crippen molar-refractivity contribution in [1.29, 1.82) is 0 Å². The molecule has 120 valence electrons. The van der Waals surface area contributed by atoms with Gasteiger partial charge in [0.1, 0.15) is 0 Å². The maximum absolute atomic E-state index is 12.0. The van der Waals surface area contributed by atoms with Crippen molar-refractivity contribution in [1.82, 2.24) is 10.4 Å². The van der Waals surface area contributed by atoms with Crippen LogP contribution in [0.3, 0.4) is 0 Å². The molecule has 0 saturated heterocycles. The fraction of sp³-hybridized carbons (Fsp3) is 0.0625. The molecule has 0 fully saturated rings. The Morgan fingerprint density at radius 1 is 1.04 bits per heavy atom. The van der Waals surface area contributed by atoms with Gasteiger partial charge in [-0.2, -0.15) is 0 Å². The molecule has 1 aliphatic heterocycles. The Labute approximate surface area is 141 Å².